The van der Waals surface area contributed by atoms with Crippen molar-refractivity contribution < 1.29 is 14.3 Å². The first kappa shape index (κ1) is 18.2. The first-order chi connectivity index (χ1) is 13.2. The molecule has 1 amide bonds. The number of halogens is 1. The molecule has 0 spiro atoms. The second-order valence-corrected chi connectivity index (χ2v) is 7.48. The summed E-state index contributed by atoms with van der Waals surface area (Å²) < 4.78 is 12.3. The van der Waals surface area contributed by atoms with E-state index in [1.54, 1.807) is 6.20 Å². The lowest BCUT2D eigenvalue weighted by molar-refractivity contribution is 0.0304. The SMILES string of the molecule is O=C(c1cc(I)c(OCc2ccccc2)c2ncccc12)N1CCOCC1. The van der Waals surface area contributed by atoms with Gasteiger partial charge in [0.05, 0.1) is 22.3 Å². The summed E-state index contributed by atoms with van der Waals surface area (Å²) in [6.07, 6.45) is 1.73. The molecule has 1 saturated heterocycles. The van der Waals surface area contributed by atoms with Crippen molar-refractivity contribution >= 4 is 39.4 Å². The fourth-order valence-corrected chi connectivity index (χ4v) is 3.89. The number of ether oxygens (including phenoxy) is 2. The molecule has 0 bridgehead atoms. The number of pyridine rings is 1. The van der Waals surface area contributed by atoms with Crippen LogP contribution >= 0.6 is 22.6 Å². The number of morpholine rings is 1. The number of benzene rings is 2. The van der Waals surface area contributed by atoms with E-state index in [4.69, 9.17) is 9.47 Å². The van der Waals surface area contributed by atoms with Gasteiger partial charge in [0.15, 0.2) is 5.75 Å². The van der Waals surface area contributed by atoms with E-state index in [0.29, 0.717) is 44.2 Å². The van der Waals surface area contributed by atoms with Crippen molar-refractivity contribution in [1.29, 1.82) is 0 Å². The molecule has 0 unspecified atom stereocenters. The topological polar surface area (TPSA) is 51.7 Å². The number of aromatic nitrogens is 1. The minimum absolute atomic E-state index is 0.0174. The summed E-state index contributed by atoms with van der Waals surface area (Å²) in [5.74, 6) is 0.734. The zero-order valence-electron chi connectivity index (χ0n) is 14.7. The number of carbonyl (C=O) groups excluding carboxylic acids is 1. The lowest BCUT2D eigenvalue weighted by Crippen LogP contribution is -2.40. The monoisotopic (exact) mass is 474 g/mol. The van der Waals surface area contributed by atoms with Crippen molar-refractivity contribution in [3.05, 3.63) is 69.4 Å². The molecule has 6 heteroatoms. The molecule has 5 nitrogen and oxygen atoms in total. The second kappa shape index (κ2) is 8.22. The van der Waals surface area contributed by atoms with Crippen LogP contribution in [0, 0.1) is 3.57 Å². The molecule has 2 heterocycles. The molecule has 1 aliphatic heterocycles. The lowest BCUT2D eigenvalue weighted by Gasteiger charge is -2.27. The smallest absolute Gasteiger partial charge is 0.254 e. The van der Waals surface area contributed by atoms with Gasteiger partial charge in [0.2, 0.25) is 0 Å². The normalized spacial score (nSPS) is 14.3. The van der Waals surface area contributed by atoms with Gasteiger partial charge in [-0.25, -0.2) is 0 Å². The number of nitrogens with zero attached hydrogens (tertiary/aromatic N) is 2. The Labute approximate surface area is 171 Å². The summed E-state index contributed by atoms with van der Waals surface area (Å²) in [5.41, 5.74) is 2.47. The summed E-state index contributed by atoms with van der Waals surface area (Å²) >= 11 is 2.22. The van der Waals surface area contributed by atoms with Crippen LogP contribution in [0.25, 0.3) is 10.9 Å². The largest absolute Gasteiger partial charge is 0.485 e. The van der Waals surface area contributed by atoms with Crippen molar-refractivity contribution in [3.8, 4) is 5.75 Å². The Kier molecular flexibility index (Phi) is 5.54. The third-order valence-corrected chi connectivity index (χ3v) is 5.36. The number of hydrogen-bond donors (Lipinski definition) is 0. The fourth-order valence-electron chi connectivity index (χ4n) is 3.17. The summed E-state index contributed by atoms with van der Waals surface area (Å²) in [5, 5.41) is 0.817. The summed E-state index contributed by atoms with van der Waals surface area (Å²) in [4.78, 5) is 19.4. The van der Waals surface area contributed by atoms with E-state index in [0.717, 1.165) is 20.0 Å². The van der Waals surface area contributed by atoms with E-state index in [2.05, 4.69) is 27.6 Å². The molecule has 0 saturated carbocycles. The highest BCUT2D eigenvalue weighted by atomic mass is 127. The third-order valence-electron chi connectivity index (χ3n) is 4.56. The van der Waals surface area contributed by atoms with Crippen LogP contribution in [0.3, 0.4) is 0 Å². The number of carbonyl (C=O) groups is 1. The van der Waals surface area contributed by atoms with Gasteiger partial charge in [-0.15, -0.1) is 0 Å². The number of hydrogen-bond acceptors (Lipinski definition) is 4. The Morgan fingerprint density at radius 3 is 2.70 bits per heavy atom. The van der Waals surface area contributed by atoms with E-state index in [1.807, 2.05) is 53.4 Å². The van der Waals surface area contributed by atoms with Gasteiger partial charge >= 0.3 is 0 Å². The molecule has 3 aromatic rings. The van der Waals surface area contributed by atoms with E-state index in [9.17, 15) is 4.79 Å². The van der Waals surface area contributed by atoms with Crippen molar-refractivity contribution in [3.63, 3.8) is 0 Å². The molecular weight excluding hydrogens is 455 g/mol. The van der Waals surface area contributed by atoms with Gasteiger partial charge in [0, 0.05) is 24.7 Å². The highest BCUT2D eigenvalue weighted by Gasteiger charge is 2.23. The molecule has 27 heavy (non-hydrogen) atoms. The summed E-state index contributed by atoms with van der Waals surface area (Å²) in [6.45, 7) is 2.85. The molecule has 1 aromatic heterocycles. The van der Waals surface area contributed by atoms with Crippen LogP contribution in [0.15, 0.2) is 54.7 Å². The molecule has 4 rings (SSSR count). The zero-order chi connectivity index (χ0) is 18.6. The van der Waals surface area contributed by atoms with E-state index >= 15 is 0 Å². The second-order valence-electron chi connectivity index (χ2n) is 6.31. The van der Waals surface area contributed by atoms with Crippen molar-refractivity contribution in [2.24, 2.45) is 0 Å². The maximum atomic E-state index is 13.1. The quantitative estimate of drug-likeness (QED) is 0.539. The number of amides is 1. The van der Waals surface area contributed by atoms with Gasteiger partial charge in [-0.2, -0.15) is 0 Å². The maximum absolute atomic E-state index is 13.1. The molecule has 0 radical (unpaired) electrons. The van der Waals surface area contributed by atoms with Gasteiger partial charge in [-0.3, -0.25) is 9.78 Å². The van der Waals surface area contributed by atoms with E-state index in [1.165, 1.54) is 0 Å². The van der Waals surface area contributed by atoms with Crippen LogP contribution < -0.4 is 4.74 Å². The Morgan fingerprint density at radius 1 is 1.15 bits per heavy atom. The van der Waals surface area contributed by atoms with Crippen LogP contribution in [0.1, 0.15) is 15.9 Å². The predicted molar refractivity (Wildman–Crippen MR) is 112 cm³/mol. The summed E-state index contributed by atoms with van der Waals surface area (Å²) in [6, 6.07) is 15.7. The van der Waals surface area contributed by atoms with E-state index < -0.39 is 0 Å². The van der Waals surface area contributed by atoms with Crippen molar-refractivity contribution in [2.45, 2.75) is 6.61 Å². The molecule has 0 atom stereocenters. The Bertz CT molecular complexity index is 956. The van der Waals surface area contributed by atoms with Crippen molar-refractivity contribution in [2.75, 3.05) is 26.3 Å². The van der Waals surface area contributed by atoms with Gasteiger partial charge in [0.25, 0.3) is 5.91 Å². The molecule has 0 aliphatic carbocycles. The highest BCUT2D eigenvalue weighted by molar-refractivity contribution is 14.1. The Balaban J connectivity index is 1.70. The third kappa shape index (κ3) is 3.91. The Morgan fingerprint density at radius 2 is 1.93 bits per heavy atom. The molecule has 2 aromatic carbocycles. The molecule has 1 fully saturated rings. The predicted octanol–water partition coefficient (Wildman–Crippen LogP) is 3.89. The minimum Gasteiger partial charge on any atom is -0.485 e. The van der Waals surface area contributed by atoms with Crippen LogP contribution in [0.2, 0.25) is 0 Å². The summed E-state index contributed by atoms with van der Waals surface area (Å²) in [7, 11) is 0. The van der Waals surface area contributed by atoms with Crippen LogP contribution in [0.4, 0.5) is 0 Å². The Hall–Kier alpha value is -2.19. The standard InChI is InChI=1S/C21H19IN2O3/c22-18-13-17(21(25)24-9-11-26-12-10-24)16-7-4-8-23-19(16)20(18)27-14-15-5-2-1-3-6-15/h1-8,13H,9-12,14H2. The first-order valence-corrected chi connectivity index (χ1v) is 9.93. The van der Waals surface area contributed by atoms with Gasteiger partial charge in [-0.05, 0) is 40.3 Å². The number of fused-ring (bicyclic) bond motifs is 1. The van der Waals surface area contributed by atoms with Crippen LogP contribution in [0.5, 0.6) is 5.75 Å². The lowest BCUT2D eigenvalue weighted by atomic mass is 10.1. The minimum atomic E-state index is 0.0174. The van der Waals surface area contributed by atoms with Gasteiger partial charge in [-0.1, -0.05) is 36.4 Å². The average molecular weight is 474 g/mol. The highest BCUT2D eigenvalue weighted by Crippen LogP contribution is 2.33. The van der Waals surface area contributed by atoms with Crippen molar-refractivity contribution in [1.82, 2.24) is 9.88 Å². The first-order valence-electron chi connectivity index (χ1n) is 8.85. The molecule has 1 aliphatic rings. The van der Waals surface area contributed by atoms with Crippen LogP contribution in [-0.4, -0.2) is 42.1 Å². The van der Waals surface area contributed by atoms with Gasteiger partial charge in [0.1, 0.15) is 12.1 Å². The van der Waals surface area contributed by atoms with E-state index in [-0.39, 0.29) is 5.91 Å². The van der Waals surface area contributed by atoms with Crippen LogP contribution in [-0.2, 0) is 11.3 Å². The molecular formula is C21H19IN2O3. The average Bonchev–Trinajstić information content (AvgIpc) is 2.73. The molecule has 0 N–H and O–H groups in total. The fraction of sp³-hybridized carbons (Fsp3) is 0.238. The zero-order valence-corrected chi connectivity index (χ0v) is 16.9. The molecule has 138 valence electrons. The maximum Gasteiger partial charge on any atom is 0.254 e. The number of rotatable bonds is 4. The van der Waals surface area contributed by atoms with Gasteiger partial charge < -0.3 is 14.4 Å².